The van der Waals surface area contributed by atoms with Gasteiger partial charge in [-0.05, 0) is 18.8 Å². The number of aliphatic carboxylic acids is 2. The summed E-state index contributed by atoms with van der Waals surface area (Å²) in [6.45, 7) is 3.71. The van der Waals surface area contributed by atoms with E-state index in [-0.39, 0.29) is 18.8 Å². The third kappa shape index (κ3) is 9.57. The van der Waals surface area contributed by atoms with Crippen molar-refractivity contribution in [2.75, 3.05) is 0 Å². The fraction of sp³-hybridized carbons (Fsp3) is 0.667. The monoisotopic (exact) mass is 374 g/mol. The zero-order valence-corrected chi connectivity index (χ0v) is 14.7. The van der Waals surface area contributed by atoms with Gasteiger partial charge in [0.1, 0.15) is 12.1 Å². The normalized spacial score (nSPS) is 14.2. The lowest BCUT2D eigenvalue weighted by Crippen LogP contribution is -2.55. The Morgan fingerprint density at radius 2 is 1.50 bits per heavy atom. The van der Waals surface area contributed by atoms with Crippen LogP contribution in [0, 0.1) is 5.92 Å². The van der Waals surface area contributed by atoms with Gasteiger partial charge in [-0.15, -0.1) is 0 Å². The van der Waals surface area contributed by atoms with Crippen LogP contribution in [0.1, 0.15) is 39.5 Å². The van der Waals surface area contributed by atoms with Crippen LogP contribution in [0.2, 0.25) is 0 Å². The number of nitrogens with two attached hydrogens (primary N) is 2. The minimum Gasteiger partial charge on any atom is -0.481 e. The van der Waals surface area contributed by atoms with E-state index < -0.39 is 54.2 Å². The molecule has 0 aliphatic carbocycles. The Bertz CT molecular complexity index is 550. The van der Waals surface area contributed by atoms with E-state index in [0.717, 1.165) is 0 Å². The number of amides is 3. The van der Waals surface area contributed by atoms with Crippen molar-refractivity contribution >= 4 is 29.7 Å². The predicted molar refractivity (Wildman–Crippen MR) is 89.6 cm³/mol. The Kier molecular flexibility index (Phi) is 9.89. The molecule has 8 N–H and O–H groups in total. The van der Waals surface area contributed by atoms with Gasteiger partial charge in [0.15, 0.2) is 0 Å². The third-order valence-electron chi connectivity index (χ3n) is 3.37. The molecule has 11 nitrogen and oxygen atoms in total. The first-order valence-electron chi connectivity index (χ1n) is 8.03. The van der Waals surface area contributed by atoms with Gasteiger partial charge in [0.25, 0.3) is 0 Å². The molecule has 0 aliphatic rings. The van der Waals surface area contributed by atoms with Crippen LogP contribution in [-0.4, -0.2) is 58.0 Å². The average Bonchev–Trinajstić information content (AvgIpc) is 2.48. The van der Waals surface area contributed by atoms with Crippen LogP contribution < -0.4 is 22.1 Å². The summed E-state index contributed by atoms with van der Waals surface area (Å²) in [5.41, 5.74) is 10.8. The van der Waals surface area contributed by atoms with Gasteiger partial charge in [-0.2, -0.15) is 0 Å². The summed E-state index contributed by atoms with van der Waals surface area (Å²) in [5.74, 6) is -5.14. The molecule has 0 saturated carbocycles. The molecule has 11 heteroatoms. The number of carbonyl (C=O) groups excluding carboxylic acids is 3. The van der Waals surface area contributed by atoms with Gasteiger partial charge in [0, 0.05) is 6.42 Å². The molecule has 0 aromatic heterocycles. The summed E-state index contributed by atoms with van der Waals surface area (Å²) in [6, 6.07) is -3.85. The second-order valence-electron chi connectivity index (χ2n) is 6.30. The topological polar surface area (TPSA) is 202 Å². The number of carboxylic acids is 2. The molecular formula is C15H26N4O7. The smallest absolute Gasteiger partial charge is 0.326 e. The van der Waals surface area contributed by atoms with Crippen LogP contribution in [0.5, 0.6) is 0 Å². The molecule has 0 aromatic carbocycles. The molecule has 0 bridgehead atoms. The van der Waals surface area contributed by atoms with Gasteiger partial charge in [0.2, 0.25) is 17.7 Å². The lowest BCUT2D eigenvalue weighted by Gasteiger charge is -2.22. The maximum Gasteiger partial charge on any atom is 0.326 e. The summed E-state index contributed by atoms with van der Waals surface area (Å²) in [4.78, 5) is 57.0. The minimum atomic E-state index is -1.68. The van der Waals surface area contributed by atoms with E-state index in [1.165, 1.54) is 0 Å². The number of nitrogens with one attached hydrogen (secondary N) is 2. The van der Waals surface area contributed by atoms with Gasteiger partial charge < -0.3 is 32.3 Å². The first-order chi connectivity index (χ1) is 11.9. The molecule has 0 aromatic rings. The molecule has 0 aliphatic heterocycles. The van der Waals surface area contributed by atoms with Crippen molar-refractivity contribution in [2.24, 2.45) is 17.4 Å². The standard InChI is InChI=1S/C15H26N4O7/c1-7(2)5-8(16)13(23)18-9(3-4-11(17)20)14(24)19-10(15(25)26)6-12(21)22/h7-10H,3-6,16H2,1-2H3,(H2,17,20)(H,18,23)(H,19,24)(H,21,22)(H,25,26)/t8-,9-,10-/m0/s1. The second-order valence-corrected chi connectivity index (χ2v) is 6.30. The van der Waals surface area contributed by atoms with Crippen molar-refractivity contribution in [3.63, 3.8) is 0 Å². The summed E-state index contributed by atoms with van der Waals surface area (Å²) < 4.78 is 0. The fourth-order valence-electron chi connectivity index (χ4n) is 2.10. The molecule has 0 spiro atoms. The van der Waals surface area contributed by atoms with E-state index >= 15 is 0 Å². The molecule has 3 amide bonds. The highest BCUT2D eigenvalue weighted by Gasteiger charge is 2.29. The summed E-state index contributed by atoms with van der Waals surface area (Å²) in [7, 11) is 0. The highest BCUT2D eigenvalue weighted by atomic mass is 16.4. The van der Waals surface area contributed by atoms with Crippen molar-refractivity contribution in [1.29, 1.82) is 0 Å². The number of rotatable bonds is 12. The van der Waals surface area contributed by atoms with Crippen LogP contribution in [0.25, 0.3) is 0 Å². The van der Waals surface area contributed by atoms with Gasteiger partial charge in [-0.25, -0.2) is 4.79 Å². The Hall–Kier alpha value is -2.69. The van der Waals surface area contributed by atoms with Crippen LogP contribution in [0.4, 0.5) is 0 Å². The number of carbonyl (C=O) groups is 5. The molecular weight excluding hydrogens is 348 g/mol. The Morgan fingerprint density at radius 3 is 1.92 bits per heavy atom. The first kappa shape index (κ1) is 23.3. The maximum absolute atomic E-state index is 12.3. The molecule has 0 fully saturated rings. The molecule has 0 unspecified atom stereocenters. The molecule has 26 heavy (non-hydrogen) atoms. The van der Waals surface area contributed by atoms with Crippen LogP contribution in [0.3, 0.4) is 0 Å². The van der Waals surface area contributed by atoms with Crippen molar-refractivity contribution in [3.8, 4) is 0 Å². The van der Waals surface area contributed by atoms with Crippen LogP contribution in [-0.2, 0) is 24.0 Å². The third-order valence-corrected chi connectivity index (χ3v) is 3.37. The highest BCUT2D eigenvalue weighted by Crippen LogP contribution is 2.05. The fourth-order valence-corrected chi connectivity index (χ4v) is 2.10. The molecule has 0 radical (unpaired) electrons. The summed E-state index contributed by atoms with van der Waals surface area (Å²) in [6.07, 6.45) is -0.910. The number of carboxylic acid groups (broad SMARTS) is 2. The summed E-state index contributed by atoms with van der Waals surface area (Å²) in [5, 5.41) is 22.1. The number of hydrogen-bond acceptors (Lipinski definition) is 6. The first-order valence-corrected chi connectivity index (χ1v) is 8.03. The zero-order valence-electron chi connectivity index (χ0n) is 14.7. The molecule has 0 heterocycles. The van der Waals surface area contributed by atoms with Crippen molar-refractivity contribution in [1.82, 2.24) is 10.6 Å². The summed E-state index contributed by atoms with van der Waals surface area (Å²) >= 11 is 0. The van der Waals surface area contributed by atoms with Gasteiger partial charge in [0.05, 0.1) is 12.5 Å². The van der Waals surface area contributed by atoms with E-state index in [2.05, 4.69) is 5.32 Å². The SMILES string of the molecule is CC(C)C[C@H](N)C(=O)N[C@@H](CCC(N)=O)C(=O)N[C@@H](CC(=O)O)C(=O)O. The Balaban J connectivity index is 5.11. The minimum absolute atomic E-state index is 0.126. The molecule has 0 saturated heterocycles. The number of hydrogen-bond donors (Lipinski definition) is 6. The van der Waals surface area contributed by atoms with Gasteiger partial charge in [-0.1, -0.05) is 13.8 Å². The average molecular weight is 374 g/mol. The van der Waals surface area contributed by atoms with E-state index in [1.54, 1.807) is 0 Å². The maximum atomic E-state index is 12.3. The van der Waals surface area contributed by atoms with Crippen LogP contribution >= 0.6 is 0 Å². The lowest BCUT2D eigenvalue weighted by atomic mass is 10.0. The predicted octanol–water partition coefficient (Wildman–Crippen LogP) is -1.85. The second kappa shape index (κ2) is 11.0. The number of primary amides is 1. The molecule has 148 valence electrons. The Morgan fingerprint density at radius 1 is 0.962 bits per heavy atom. The lowest BCUT2D eigenvalue weighted by molar-refractivity contribution is -0.147. The van der Waals surface area contributed by atoms with Crippen LogP contribution in [0.15, 0.2) is 0 Å². The van der Waals surface area contributed by atoms with E-state index in [9.17, 15) is 24.0 Å². The zero-order chi connectivity index (χ0) is 20.4. The molecule has 0 rings (SSSR count). The largest absolute Gasteiger partial charge is 0.481 e. The van der Waals surface area contributed by atoms with Gasteiger partial charge >= 0.3 is 11.9 Å². The Labute approximate surface area is 150 Å². The van der Waals surface area contributed by atoms with E-state index in [0.29, 0.717) is 6.42 Å². The quantitative estimate of drug-likeness (QED) is 0.228. The van der Waals surface area contributed by atoms with Crippen molar-refractivity contribution < 1.29 is 34.2 Å². The van der Waals surface area contributed by atoms with Crippen molar-refractivity contribution in [3.05, 3.63) is 0 Å². The van der Waals surface area contributed by atoms with E-state index in [1.807, 2.05) is 19.2 Å². The van der Waals surface area contributed by atoms with Crippen molar-refractivity contribution in [2.45, 2.75) is 57.7 Å². The van der Waals surface area contributed by atoms with E-state index in [4.69, 9.17) is 21.7 Å². The van der Waals surface area contributed by atoms with Gasteiger partial charge in [-0.3, -0.25) is 19.2 Å². The highest BCUT2D eigenvalue weighted by molar-refractivity contribution is 5.93. The molecule has 3 atom stereocenters.